The Labute approximate surface area is 493 Å². The number of aromatic amines is 2. The lowest BCUT2D eigenvalue weighted by molar-refractivity contribution is -0.697. The van der Waals surface area contributed by atoms with E-state index in [0.29, 0.717) is 30.8 Å². The lowest BCUT2D eigenvalue weighted by Crippen LogP contribution is -2.39. The third-order valence-corrected chi connectivity index (χ3v) is 16.4. The minimum absolute atomic E-state index is 0.105. The highest BCUT2D eigenvalue weighted by Crippen LogP contribution is 2.40. The van der Waals surface area contributed by atoms with E-state index in [2.05, 4.69) is 108 Å². The Balaban J connectivity index is 0.719. The van der Waals surface area contributed by atoms with Gasteiger partial charge in [0.2, 0.25) is 5.91 Å². The number of nitrogen functional groups attached to an aromatic ring is 1. The van der Waals surface area contributed by atoms with Crippen molar-refractivity contribution >= 4 is 81.3 Å². The average Bonchev–Trinajstić information content (AvgIpc) is 4.37. The number of carbonyl (C=O) groups is 1. The number of nitrogens with zero attached hydrogens (tertiary/aromatic N) is 10. The largest absolute Gasteiger partial charge is 0.482 e. The van der Waals surface area contributed by atoms with Crippen molar-refractivity contribution in [1.82, 2.24) is 54.6 Å². The molecule has 3 aliphatic heterocycles. The lowest BCUT2D eigenvalue weighted by Gasteiger charge is -2.32. The first-order valence-corrected chi connectivity index (χ1v) is 28.6. The Morgan fingerprint density at radius 3 is 1.68 bits per heavy atom. The Hall–Kier alpha value is -9.64. The maximum atomic E-state index is 14.3. The Kier molecular flexibility index (Phi) is 14.9. The van der Waals surface area contributed by atoms with E-state index in [4.69, 9.17) is 48.7 Å². The maximum Gasteiger partial charge on any atom is 0.222 e. The van der Waals surface area contributed by atoms with Gasteiger partial charge in [-0.25, -0.2) is 23.9 Å². The molecule has 9 aromatic heterocycles. The number of H-pyrrole nitrogens is 2. The summed E-state index contributed by atoms with van der Waals surface area (Å²) in [6.07, 6.45) is 31.8. The molecule has 1 amide bonds. The zero-order valence-corrected chi connectivity index (χ0v) is 47.1. The predicted octanol–water partition coefficient (Wildman–Crippen LogP) is 14.3. The van der Waals surface area contributed by atoms with Crippen LogP contribution in [0.1, 0.15) is 79.5 Å². The molecule has 0 aliphatic carbocycles. The first-order chi connectivity index (χ1) is 41.1. The lowest BCUT2D eigenvalue weighted by atomic mass is 10.0. The number of hydrogen-bond donors (Lipinski definition) is 3. The van der Waals surface area contributed by atoms with Crippen molar-refractivity contribution in [2.75, 3.05) is 18.8 Å². The molecular formula is C66H55Cl2FN13O2+. The number of pyridine rings is 5. The van der Waals surface area contributed by atoms with Crippen LogP contribution in [0.5, 0.6) is 5.75 Å². The van der Waals surface area contributed by atoms with E-state index in [1.165, 1.54) is 12.1 Å². The summed E-state index contributed by atoms with van der Waals surface area (Å²) in [5.41, 5.74) is 22.7. The number of piperidine rings is 1. The molecule has 0 radical (unpaired) electrons. The van der Waals surface area contributed by atoms with Gasteiger partial charge >= 0.3 is 0 Å². The maximum absolute atomic E-state index is 14.3. The van der Waals surface area contributed by atoms with Gasteiger partial charge in [-0.05, 0) is 152 Å². The van der Waals surface area contributed by atoms with Crippen molar-refractivity contribution in [3.05, 3.63) is 203 Å². The summed E-state index contributed by atoms with van der Waals surface area (Å²) >= 11 is 12.6. The number of nitrogens with two attached hydrogens (primary N) is 1. The molecule has 10 aromatic rings. The van der Waals surface area contributed by atoms with Crippen LogP contribution < -0.4 is 15.0 Å². The number of rotatable bonds is 14. The first-order valence-electron chi connectivity index (χ1n) is 27.8. The van der Waals surface area contributed by atoms with Crippen molar-refractivity contribution in [2.24, 2.45) is 0 Å². The first kappa shape index (κ1) is 53.7. The summed E-state index contributed by atoms with van der Waals surface area (Å²) in [6.45, 7) is 3.78. The Bertz CT molecular complexity index is 4310. The summed E-state index contributed by atoms with van der Waals surface area (Å²) in [5.74, 6) is 0.0595. The summed E-state index contributed by atoms with van der Waals surface area (Å²) in [4.78, 5) is 51.4. The third kappa shape index (κ3) is 10.8. The summed E-state index contributed by atoms with van der Waals surface area (Å²) in [7, 11) is 0. The number of ether oxygens (including phenoxy) is 1. The molecular weight excluding hydrogens is 1100 g/mol. The Morgan fingerprint density at radius 2 is 1.17 bits per heavy atom. The second-order valence-electron chi connectivity index (χ2n) is 20.9. The molecule has 84 heavy (non-hydrogen) atoms. The van der Waals surface area contributed by atoms with Crippen LogP contribution in [0.3, 0.4) is 0 Å². The van der Waals surface area contributed by atoms with E-state index >= 15 is 0 Å². The number of hydrogen-bond acceptors (Lipinski definition) is 10. The van der Waals surface area contributed by atoms with Crippen LogP contribution >= 0.6 is 23.2 Å². The third-order valence-electron chi connectivity index (χ3n) is 15.7. The number of benzene rings is 1. The number of unbranched alkanes of at least 4 members (excludes halogenated alkanes) is 1. The zero-order chi connectivity index (χ0) is 57.3. The number of aryl methyl sites for hydroxylation is 1. The SMILES string of the molecule is CC(Oc1cc(-c2cnn(C3CCN(C(=O)CCCC[n+]4ccc(-c5c6nc(c(-c7ccncc7)c7ccc([nH]7)c(-c7ccncc7)c7nc(c(-c8ccncc8)c8ccc5[nH]8)C=C7)C=C6)cc4)CC3)c2)cnc1N)c1c(Cl)ccc(F)c1Cl. The molecule has 0 spiro atoms. The number of halogens is 3. The van der Waals surface area contributed by atoms with Crippen LogP contribution in [-0.4, -0.2) is 73.5 Å². The molecule has 15 nitrogen and oxygen atoms in total. The average molecular weight is 1150 g/mol. The van der Waals surface area contributed by atoms with Crippen molar-refractivity contribution < 1.29 is 18.5 Å². The number of fused-ring (bicyclic) bond motifs is 8. The molecule has 8 bridgehead atoms. The minimum atomic E-state index is -0.705. The van der Waals surface area contributed by atoms with Crippen LogP contribution in [0.4, 0.5) is 10.2 Å². The van der Waals surface area contributed by atoms with Gasteiger partial charge in [0.25, 0.3) is 0 Å². The fourth-order valence-electron chi connectivity index (χ4n) is 11.4. The van der Waals surface area contributed by atoms with Gasteiger partial charge in [0.05, 0.1) is 40.0 Å². The van der Waals surface area contributed by atoms with E-state index in [1.54, 1.807) is 62.6 Å². The fraction of sp³-hybridized carbons (Fsp3) is 0.167. The second kappa shape index (κ2) is 23.3. The standard InChI is InChI=1S/C66H54Cl2FN13O2/c1-40(60-48(67)5-6-49(69)65(60)68)84-58-36-45(37-74-66(58)70)46-38-75-82(39-46)47-23-34-81(35-24-47)59(83)4-2-3-31-80-32-21-44(22-33-80)64-56-13-11-54(78-56)62(42-17-27-72-28-18-42)52-9-7-50(76-52)61(41-15-25-71-26-16-41)51-8-10-53(77-51)63(43-19-29-73-30-20-43)55-12-14-57(64)79-55/h5-22,25-30,32-33,36-40,47H,2-4,23-24,31,34-35H2,1H3,(H3,70,74,76,77,78,79)/p+1. The number of carbonyl (C=O) groups excluding carboxylic acids is 1. The topological polar surface area (TPSA) is 186 Å². The summed E-state index contributed by atoms with van der Waals surface area (Å²) in [6, 6.07) is 29.4. The molecule has 1 unspecified atom stereocenters. The number of amides is 1. The van der Waals surface area contributed by atoms with E-state index in [-0.39, 0.29) is 27.8 Å². The highest BCUT2D eigenvalue weighted by atomic mass is 35.5. The smallest absolute Gasteiger partial charge is 0.222 e. The van der Waals surface area contributed by atoms with Crippen LogP contribution in [0, 0.1) is 5.82 Å². The second-order valence-corrected chi connectivity index (χ2v) is 21.7. The highest BCUT2D eigenvalue weighted by Gasteiger charge is 2.26. The molecule has 13 rings (SSSR count). The molecule has 3 aliphatic rings. The molecule has 1 saturated heterocycles. The van der Waals surface area contributed by atoms with E-state index in [9.17, 15) is 9.18 Å². The highest BCUT2D eigenvalue weighted by molar-refractivity contribution is 6.36. The number of aromatic nitrogens is 11. The van der Waals surface area contributed by atoms with Gasteiger partial charge in [0, 0.05) is 154 Å². The van der Waals surface area contributed by atoms with Gasteiger partial charge in [0.15, 0.2) is 24.0 Å². The quantitative estimate of drug-likeness (QED) is 0.0537. The predicted molar refractivity (Wildman–Crippen MR) is 328 cm³/mol. The normalized spacial score (nSPS) is 13.6. The fourth-order valence-corrected chi connectivity index (χ4v) is 12.1. The summed E-state index contributed by atoms with van der Waals surface area (Å²) in [5, 5.41) is 4.88. The van der Waals surface area contributed by atoms with Crippen molar-refractivity contribution in [2.45, 2.75) is 57.7 Å². The number of nitrogens with one attached hydrogen (secondary N) is 2. The molecule has 1 fully saturated rings. The van der Waals surface area contributed by atoms with Crippen LogP contribution in [0.2, 0.25) is 10.0 Å². The van der Waals surface area contributed by atoms with Gasteiger partial charge in [-0.15, -0.1) is 0 Å². The molecule has 1 atom stereocenters. The van der Waals surface area contributed by atoms with Gasteiger partial charge in [-0.1, -0.05) is 23.2 Å². The molecule has 416 valence electrons. The molecule has 0 saturated carbocycles. The van der Waals surface area contributed by atoms with Gasteiger partial charge < -0.3 is 25.3 Å². The zero-order valence-electron chi connectivity index (χ0n) is 45.6. The molecule has 12 heterocycles. The van der Waals surface area contributed by atoms with E-state index in [1.807, 2.05) is 52.2 Å². The number of likely N-dealkylation sites (tertiary alicyclic amines) is 1. The van der Waals surface area contributed by atoms with Crippen LogP contribution in [-0.2, 0) is 11.3 Å². The van der Waals surface area contributed by atoms with Gasteiger partial charge in [-0.3, -0.25) is 24.4 Å². The Morgan fingerprint density at radius 1 is 0.667 bits per heavy atom. The van der Waals surface area contributed by atoms with Crippen molar-refractivity contribution in [3.63, 3.8) is 0 Å². The van der Waals surface area contributed by atoms with Gasteiger partial charge in [-0.2, -0.15) is 5.10 Å². The molecule has 18 heteroatoms. The monoisotopic (exact) mass is 1150 g/mol. The van der Waals surface area contributed by atoms with Crippen molar-refractivity contribution in [1.29, 1.82) is 0 Å². The molecule has 4 N–H and O–H groups in total. The van der Waals surface area contributed by atoms with E-state index < -0.39 is 11.9 Å². The van der Waals surface area contributed by atoms with Crippen LogP contribution in [0.15, 0.2) is 159 Å². The van der Waals surface area contributed by atoms with Gasteiger partial charge in [0.1, 0.15) is 18.5 Å². The van der Waals surface area contributed by atoms with Crippen LogP contribution in [0.25, 0.3) is 102 Å². The van der Waals surface area contributed by atoms with Crippen molar-refractivity contribution in [3.8, 4) is 61.4 Å². The van der Waals surface area contributed by atoms with E-state index in [0.717, 1.165) is 133 Å². The summed E-state index contributed by atoms with van der Waals surface area (Å²) < 4.78 is 24.6. The minimum Gasteiger partial charge on any atom is -0.482 e. The number of anilines is 1. The molecule has 1 aromatic carbocycles.